The van der Waals surface area contributed by atoms with Crippen molar-refractivity contribution in [1.29, 1.82) is 0 Å². The van der Waals surface area contributed by atoms with Gasteiger partial charge in [-0.15, -0.1) is 0 Å². The van der Waals surface area contributed by atoms with Gasteiger partial charge in [-0.05, 0) is 82.4 Å². The molecular formula is C20H16BrIN2O5S. The molecule has 1 heterocycles. The number of hydrogen-bond donors (Lipinski definition) is 1. The number of imide groups is 1. The van der Waals surface area contributed by atoms with Crippen molar-refractivity contribution < 1.29 is 23.9 Å². The van der Waals surface area contributed by atoms with Crippen LogP contribution in [0.3, 0.4) is 0 Å². The molecule has 0 radical (unpaired) electrons. The lowest BCUT2D eigenvalue weighted by atomic mass is 10.2. The minimum absolute atomic E-state index is 0.236. The number of halogens is 2. The number of hydrogen-bond acceptors (Lipinski definition) is 6. The van der Waals surface area contributed by atoms with Crippen LogP contribution in [0.25, 0.3) is 6.08 Å². The predicted octanol–water partition coefficient (Wildman–Crippen LogP) is 4.75. The second kappa shape index (κ2) is 9.84. The second-order valence-electron chi connectivity index (χ2n) is 6.06. The molecule has 0 aliphatic carbocycles. The molecule has 1 aliphatic rings. The van der Waals surface area contributed by atoms with E-state index in [0.717, 1.165) is 24.7 Å². The number of carbonyl (C=O) groups is 3. The Morgan fingerprint density at radius 2 is 1.90 bits per heavy atom. The summed E-state index contributed by atoms with van der Waals surface area (Å²) >= 11 is 6.22. The van der Waals surface area contributed by atoms with E-state index in [1.165, 1.54) is 7.11 Å². The van der Waals surface area contributed by atoms with Gasteiger partial charge in [-0.1, -0.05) is 15.9 Å². The maximum absolute atomic E-state index is 12.7. The summed E-state index contributed by atoms with van der Waals surface area (Å²) < 4.78 is 12.3. The number of nitrogens with zero attached hydrogens (tertiary/aromatic N) is 1. The monoisotopic (exact) mass is 602 g/mol. The van der Waals surface area contributed by atoms with Crippen molar-refractivity contribution in [2.45, 2.75) is 0 Å². The third-order valence-electron chi connectivity index (χ3n) is 4.06. The highest BCUT2D eigenvalue weighted by atomic mass is 127. The molecule has 2 aromatic rings. The number of carbonyl (C=O) groups excluding carboxylic acids is 3. The predicted molar refractivity (Wildman–Crippen MR) is 128 cm³/mol. The van der Waals surface area contributed by atoms with Crippen molar-refractivity contribution in [2.75, 3.05) is 26.1 Å². The van der Waals surface area contributed by atoms with Crippen molar-refractivity contribution in [1.82, 2.24) is 4.90 Å². The zero-order chi connectivity index (χ0) is 21.8. The number of anilines is 1. The fourth-order valence-corrected chi connectivity index (χ4v) is 4.63. The first-order chi connectivity index (χ1) is 14.3. The van der Waals surface area contributed by atoms with E-state index in [9.17, 15) is 14.4 Å². The van der Waals surface area contributed by atoms with E-state index in [-0.39, 0.29) is 11.4 Å². The summed E-state index contributed by atoms with van der Waals surface area (Å²) in [5, 5.41) is 2.18. The number of ether oxygens (including phenoxy) is 2. The van der Waals surface area contributed by atoms with Crippen LogP contribution in [0.1, 0.15) is 5.56 Å². The quantitative estimate of drug-likeness (QED) is 0.380. The van der Waals surface area contributed by atoms with Gasteiger partial charge >= 0.3 is 0 Å². The van der Waals surface area contributed by atoms with E-state index in [4.69, 9.17) is 9.47 Å². The van der Waals surface area contributed by atoms with Crippen LogP contribution in [-0.4, -0.2) is 42.7 Å². The first kappa shape index (κ1) is 22.6. The Hall–Kier alpha value is -2.05. The van der Waals surface area contributed by atoms with E-state index in [1.54, 1.807) is 43.5 Å². The number of thioether (sulfide) groups is 1. The molecule has 1 saturated heterocycles. The molecule has 0 bridgehead atoms. The number of rotatable bonds is 6. The fourth-order valence-electron chi connectivity index (χ4n) is 2.69. The molecule has 1 N–H and O–H groups in total. The van der Waals surface area contributed by atoms with E-state index >= 15 is 0 Å². The number of amides is 3. The van der Waals surface area contributed by atoms with Crippen molar-refractivity contribution >= 4 is 79.1 Å². The Bertz CT molecular complexity index is 1040. The fraction of sp³-hybridized carbons (Fsp3) is 0.150. The normalized spacial score (nSPS) is 14.9. The summed E-state index contributed by atoms with van der Waals surface area (Å²) in [6, 6.07) is 10.5. The van der Waals surface area contributed by atoms with Crippen LogP contribution in [0.2, 0.25) is 0 Å². The minimum atomic E-state index is -0.513. The largest absolute Gasteiger partial charge is 0.493 e. The summed E-state index contributed by atoms with van der Waals surface area (Å²) in [6.45, 7) is -0.360. The van der Waals surface area contributed by atoms with Crippen LogP contribution in [0, 0.1) is 3.57 Å². The maximum Gasteiger partial charge on any atom is 0.294 e. The third-order valence-corrected chi connectivity index (χ3v) is 6.29. The van der Waals surface area contributed by atoms with Crippen LogP contribution in [-0.2, 0) is 9.59 Å². The topological polar surface area (TPSA) is 84.9 Å². The Labute approximate surface area is 199 Å². The van der Waals surface area contributed by atoms with Crippen molar-refractivity contribution in [3.05, 3.63) is 54.9 Å². The third kappa shape index (κ3) is 5.16. The van der Waals surface area contributed by atoms with E-state index < -0.39 is 17.1 Å². The highest BCUT2D eigenvalue weighted by molar-refractivity contribution is 14.1. The lowest BCUT2D eigenvalue weighted by molar-refractivity contribution is -0.127. The Morgan fingerprint density at radius 1 is 1.20 bits per heavy atom. The van der Waals surface area contributed by atoms with Gasteiger partial charge in [-0.3, -0.25) is 19.3 Å². The van der Waals surface area contributed by atoms with Crippen LogP contribution in [0.4, 0.5) is 10.5 Å². The van der Waals surface area contributed by atoms with Crippen LogP contribution >= 0.6 is 50.3 Å². The summed E-state index contributed by atoms with van der Waals surface area (Å²) in [6.07, 6.45) is 1.60. The van der Waals surface area contributed by atoms with Crippen molar-refractivity contribution in [3.8, 4) is 11.5 Å². The standard InChI is InChI=1S/C20H16BrIN2O5S/c1-28-15-8-11(7-14(22)18(15)29-2)9-16-19(26)24(20(27)30-16)10-17(25)23-13-5-3-12(21)4-6-13/h3-9H,10H2,1-2H3,(H,23,25)/b16-9+. The van der Waals surface area contributed by atoms with Gasteiger partial charge in [0.1, 0.15) is 6.54 Å². The van der Waals surface area contributed by atoms with E-state index in [0.29, 0.717) is 22.7 Å². The molecule has 3 rings (SSSR count). The van der Waals surface area contributed by atoms with Gasteiger partial charge in [0.2, 0.25) is 5.91 Å². The zero-order valence-corrected chi connectivity index (χ0v) is 20.5. The number of benzene rings is 2. The van der Waals surface area contributed by atoms with E-state index in [2.05, 4.69) is 43.8 Å². The van der Waals surface area contributed by atoms with Gasteiger partial charge in [0.05, 0.1) is 22.7 Å². The van der Waals surface area contributed by atoms with Gasteiger partial charge in [-0.25, -0.2) is 0 Å². The van der Waals surface area contributed by atoms with Crippen molar-refractivity contribution in [3.63, 3.8) is 0 Å². The Kier molecular flexibility index (Phi) is 7.42. The van der Waals surface area contributed by atoms with Gasteiger partial charge < -0.3 is 14.8 Å². The SMILES string of the molecule is COc1cc(/C=C2/SC(=O)N(CC(=O)Nc3ccc(Br)cc3)C2=O)cc(I)c1OC. The molecule has 156 valence electrons. The molecule has 0 unspecified atom stereocenters. The number of nitrogens with one attached hydrogen (secondary N) is 1. The van der Waals surface area contributed by atoms with Gasteiger partial charge in [-0.2, -0.15) is 0 Å². The highest BCUT2D eigenvalue weighted by Gasteiger charge is 2.36. The maximum atomic E-state index is 12.7. The Morgan fingerprint density at radius 3 is 2.53 bits per heavy atom. The molecular weight excluding hydrogens is 587 g/mol. The molecule has 0 atom stereocenters. The lowest BCUT2D eigenvalue weighted by Crippen LogP contribution is -2.36. The minimum Gasteiger partial charge on any atom is -0.493 e. The van der Waals surface area contributed by atoms with Crippen LogP contribution < -0.4 is 14.8 Å². The average molecular weight is 603 g/mol. The van der Waals surface area contributed by atoms with Gasteiger partial charge in [0.15, 0.2) is 11.5 Å². The summed E-state index contributed by atoms with van der Waals surface area (Å²) in [5.41, 5.74) is 1.26. The molecule has 1 aliphatic heterocycles. The molecule has 2 aromatic carbocycles. The average Bonchev–Trinajstić information content (AvgIpc) is 2.96. The first-order valence-corrected chi connectivity index (χ1v) is 11.2. The van der Waals surface area contributed by atoms with Crippen LogP contribution in [0.5, 0.6) is 11.5 Å². The molecule has 7 nitrogen and oxygen atoms in total. The Balaban J connectivity index is 1.75. The first-order valence-electron chi connectivity index (χ1n) is 8.54. The molecule has 1 fully saturated rings. The molecule has 0 saturated carbocycles. The molecule has 30 heavy (non-hydrogen) atoms. The molecule has 3 amide bonds. The summed E-state index contributed by atoms with van der Waals surface area (Å²) in [4.78, 5) is 38.4. The molecule has 0 aromatic heterocycles. The molecule has 10 heteroatoms. The number of methoxy groups -OCH3 is 2. The van der Waals surface area contributed by atoms with Gasteiger partial charge in [0, 0.05) is 10.2 Å². The smallest absolute Gasteiger partial charge is 0.294 e. The molecule has 0 spiro atoms. The zero-order valence-electron chi connectivity index (χ0n) is 15.9. The summed E-state index contributed by atoms with van der Waals surface area (Å²) in [7, 11) is 3.07. The lowest BCUT2D eigenvalue weighted by Gasteiger charge is -2.12. The highest BCUT2D eigenvalue weighted by Crippen LogP contribution is 2.37. The van der Waals surface area contributed by atoms with Crippen LogP contribution in [0.15, 0.2) is 45.8 Å². The van der Waals surface area contributed by atoms with Crippen molar-refractivity contribution in [2.24, 2.45) is 0 Å². The van der Waals surface area contributed by atoms with E-state index in [1.807, 2.05) is 6.07 Å². The second-order valence-corrected chi connectivity index (χ2v) is 9.13. The van der Waals surface area contributed by atoms with Gasteiger partial charge in [0.25, 0.3) is 11.1 Å². The summed E-state index contributed by atoms with van der Waals surface area (Å²) in [5.74, 6) is 0.138.